The van der Waals surface area contributed by atoms with Crippen LogP contribution in [0.15, 0.2) is 24.3 Å². The fraction of sp³-hybridized carbons (Fsp3) is 0.700. The van der Waals surface area contributed by atoms with Crippen LogP contribution in [0.5, 0.6) is 5.75 Å². The van der Waals surface area contributed by atoms with Gasteiger partial charge in [0.05, 0.1) is 18.5 Å². The predicted molar refractivity (Wildman–Crippen MR) is 107 cm³/mol. The second-order valence-electron chi connectivity index (χ2n) is 8.03. The third-order valence-electron chi connectivity index (χ3n) is 3.86. The number of sulfonamides is 1. The molecule has 0 aliphatic carbocycles. The molecule has 0 bridgehead atoms. The Labute approximate surface area is 159 Å². The van der Waals surface area contributed by atoms with E-state index in [2.05, 4.69) is 32.4 Å². The summed E-state index contributed by atoms with van der Waals surface area (Å²) in [6.45, 7) is 13.3. The van der Waals surface area contributed by atoms with Crippen molar-refractivity contribution in [2.45, 2.75) is 66.5 Å². The van der Waals surface area contributed by atoms with Gasteiger partial charge < -0.3 is 9.47 Å². The first-order valence-corrected chi connectivity index (χ1v) is 11.0. The van der Waals surface area contributed by atoms with Crippen molar-refractivity contribution in [1.29, 1.82) is 0 Å². The summed E-state index contributed by atoms with van der Waals surface area (Å²) in [7, 11) is -3.36. The lowest BCUT2D eigenvalue weighted by molar-refractivity contribution is 0.0720. The lowest BCUT2D eigenvalue weighted by Gasteiger charge is -2.19. The molecule has 0 fully saturated rings. The third kappa shape index (κ3) is 9.55. The quantitative estimate of drug-likeness (QED) is 0.577. The van der Waals surface area contributed by atoms with Crippen molar-refractivity contribution < 1.29 is 17.9 Å². The van der Waals surface area contributed by atoms with Crippen molar-refractivity contribution in [2.75, 3.05) is 19.0 Å². The zero-order valence-corrected chi connectivity index (χ0v) is 17.9. The molecule has 150 valence electrons. The topological polar surface area (TPSA) is 64.6 Å². The van der Waals surface area contributed by atoms with E-state index in [0.717, 1.165) is 17.7 Å². The first kappa shape index (κ1) is 22.9. The van der Waals surface area contributed by atoms with E-state index in [1.54, 1.807) is 0 Å². The maximum Gasteiger partial charge on any atom is 0.212 e. The van der Waals surface area contributed by atoms with Crippen LogP contribution < -0.4 is 9.46 Å². The molecule has 0 aliphatic heterocycles. The smallest absolute Gasteiger partial charge is 0.212 e. The molecule has 0 aliphatic rings. The molecule has 0 heterocycles. The molecule has 0 amide bonds. The Morgan fingerprint density at radius 2 is 1.88 bits per heavy atom. The molecule has 0 radical (unpaired) electrons. The molecule has 0 aromatic heterocycles. The second kappa shape index (κ2) is 10.3. The Bertz CT molecular complexity index is 637. The Morgan fingerprint density at radius 3 is 2.50 bits per heavy atom. The standard InChI is InChI=1S/C20H35NO4S/c1-7-16(2)25-19-11-8-10-18(14-19)17(3)21-26(22,23)13-9-12-24-15-20(4,5)6/h8,10-11,14,16-17,21H,7,9,12-13,15H2,1-6H3/t16-,17-/m1/s1. The molecule has 1 aromatic carbocycles. The van der Waals surface area contributed by atoms with Gasteiger partial charge in [-0.1, -0.05) is 39.8 Å². The van der Waals surface area contributed by atoms with Crippen LogP contribution >= 0.6 is 0 Å². The zero-order chi connectivity index (χ0) is 19.8. The number of benzene rings is 1. The number of hydrogen-bond acceptors (Lipinski definition) is 4. The highest BCUT2D eigenvalue weighted by Gasteiger charge is 2.17. The molecule has 1 rings (SSSR count). The van der Waals surface area contributed by atoms with Crippen molar-refractivity contribution in [3.05, 3.63) is 29.8 Å². The van der Waals surface area contributed by atoms with Gasteiger partial charge in [0.15, 0.2) is 0 Å². The van der Waals surface area contributed by atoms with Gasteiger partial charge in [-0.15, -0.1) is 0 Å². The summed E-state index contributed by atoms with van der Waals surface area (Å²) in [4.78, 5) is 0. The van der Waals surface area contributed by atoms with Crippen molar-refractivity contribution >= 4 is 10.0 Å². The molecule has 1 N–H and O–H groups in total. The highest BCUT2D eigenvalue weighted by Crippen LogP contribution is 2.21. The summed E-state index contributed by atoms with van der Waals surface area (Å²) in [5.41, 5.74) is 0.979. The number of nitrogens with one attached hydrogen (secondary N) is 1. The number of ether oxygens (including phenoxy) is 2. The van der Waals surface area contributed by atoms with Gasteiger partial charge in [-0.05, 0) is 49.8 Å². The molecule has 0 saturated carbocycles. The first-order valence-electron chi connectivity index (χ1n) is 9.37. The van der Waals surface area contributed by atoms with E-state index < -0.39 is 10.0 Å². The van der Waals surface area contributed by atoms with E-state index in [0.29, 0.717) is 19.6 Å². The largest absolute Gasteiger partial charge is 0.491 e. The molecule has 0 unspecified atom stereocenters. The highest BCUT2D eigenvalue weighted by atomic mass is 32.2. The Balaban J connectivity index is 2.52. The summed E-state index contributed by atoms with van der Waals surface area (Å²) in [6, 6.07) is 7.27. The van der Waals surface area contributed by atoms with E-state index in [1.165, 1.54) is 0 Å². The lowest BCUT2D eigenvalue weighted by Crippen LogP contribution is -2.29. The van der Waals surface area contributed by atoms with E-state index in [-0.39, 0.29) is 23.3 Å². The second-order valence-corrected chi connectivity index (χ2v) is 9.91. The normalized spacial score (nSPS) is 14.8. The fourth-order valence-corrected chi connectivity index (χ4v) is 3.59. The van der Waals surface area contributed by atoms with Gasteiger partial charge in [-0.2, -0.15) is 0 Å². The highest BCUT2D eigenvalue weighted by molar-refractivity contribution is 7.89. The van der Waals surface area contributed by atoms with Crippen molar-refractivity contribution in [2.24, 2.45) is 5.41 Å². The molecule has 1 aromatic rings. The third-order valence-corrected chi connectivity index (χ3v) is 5.40. The molecular weight excluding hydrogens is 350 g/mol. The summed E-state index contributed by atoms with van der Waals surface area (Å²) < 4.78 is 38.7. The van der Waals surface area contributed by atoms with Crippen LogP contribution in [-0.2, 0) is 14.8 Å². The molecule has 2 atom stereocenters. The van der Waals surface area contributed by atoms with Crippen molar-refractivity contribution in [3.63, 3.8) is 0 Å². The maximum atomic E-state index is 12.3. The molecular formula is C20H35NO4S. The molecule has 26 heavy (non-hydrogen) atoms. The van der Waals surface area contributed by atoms with Gasteiger partial charge in [0.2, 0.25) is 10.0 Å². The SMILES string of the molecule is CC[C@@H](C)Oc1cccc([C@@H](C)NS(=O)(=O)CCCOCC(C)(C)C)c1. The number of rotatable bonds is 11. The average Bonchev–Trinajstić information content (AvgIpc) is 2.53. The Hall–Kier alpha value is -1.11. The van der Waals surface area contributed by atoms with E-state index in [9.17, 15) is 8.42 Å². The monoisotopic (exact) mass is 385 g/mol. The molecule has 6 heteroatoms. The van der Waals surface area contributed by atoms with Gasteiger partial charge >= 0.3 is 0 Å². The molecule has 0 saturated heterocycles. The van der Waals surface area contributed by atoms with Crippen LogP contribution in [0.1, 0.15) is 66.0 Å². The molecule has 5 nitrogen and oxygen atoms in total. The maximum absolute atomic E-state index is 12.3. The van der Waals surface area contributed by atoms with Crippen molar-refractivity contribution in [3.8, 4) is 5.75 Å². The summed E-state index contributed by atoms with van der Waals surface area (Å²) in [6.07, 6.45) is 1.53. The van der Waals surface area contributed by atoms with E-state index >= 15 is 0 Å². The number of hydrogen-bond donors (Lipinski definition) is 1. The van der Waals surface area contributed by atoms with Gasteiger partial charge in [-0.3, -0.25) is 0 Å². The Kier molecular flexibility index (Phi) is 9.07. The van der Waals surface area contributed by atoms with Gasteiger partial charge in [0, 0.05) is 12.6 Å². The van der Waals surface area contributed by atoms with Crippen LogP contribution in [0.2, 0.25) is 0 Å². The minimum atomic E-state index is -3.36. The summed E-state index contributed by atoms with van der Waals surface area (Å²) >= 11 is 0. The first-order chi connectivity index (χ1) is 12.0. The van der Waals surface area contributed by atoms with E-state index in [1.807, 2.05) is 38.1 Å². The van der Waals surface area contributed by atoms with Crippen LogP contribution in [0, 0.1) is 5.41 Å². The van der Waals surface area contributed by atoms with Crippen molar-refractivity contribution in [1.82, 2.24) is 4.72 Å². The average molecular weight is 386 g/mol. The van der Waals surface area contributed by atoms with E-state index in [4.69, 9.17) is 9.47 Å². The van der Waals surface area contributed by atoms with Crippen LogP contribution in [0.3, 0.4) is 0 Å². The lowest BCUT2D eigenvalue weighted by atomic mass is 9.99. The molecule has 0 spiro atoms. The van der Waals surface area contributed by atoms with Gasteiger partial charge in [0.25, 0.3) is 0 Å². The minimum absolute atomic E-state index is 0.0601. The van der Waals surface area contributed by atoms with Crippen LogP contribution in [0.4, 0.5) is 0 Å². The fourth-order valence-electron chi connectivity index (χ4n) is 2.30. The van der Waals surface area contributed by atoms with Crippen LogP contribution in [-0.4, -0.2) is 33.5 Å². The van der Waals surface area contributed by atoms with Gasteiger partial charge in [-0.25, -0.2) is 13.1 Å². The summed E-state index contributed by atoms with van der Waals surface area (Å²) in [5, 5.41) is 0. The van der Waals surface area contributed by atoms with Crippen LogP contribution in [0.25, 0.3) is 0 Å². The summed E-state index contributed by atoms with van der Waals surface area (Å²) in [5.74, 6) is 0.823. The predicted octanol–water partition coefficient (Wildman–Crippen LogP) is 4.30. The Morgan fingerprint density at radius 1 is 1.19 bits per heavy atom. The zero-order valence-electron chi connectivity index (χ0n) is 17.0. The minimum Gasteiger partial charge on any atom is -0.491 e. The van der Waals surface area contributed by atoms with Gasteiger partial charge in [0.1, 0.15) is 5.75 Å².